The number of ether oxygens (including phenoxy) is 1. The first kappa shape index (κ1) is 14.0. The average Bonchev–Trinajstić information content (AvgIpc) is 2.33. The van der Waals surface area contributed by atoms with Crippen molar-refractivity contribution in [1.29, 1.82) is 0 Å². The molecule has 2 unspecified atom stereocenters. The fraction of sp³-hybridized carbons (Fsp3) is 0.571. The topological polar surface area (TPSA) is 29.5 Å². The molecule has 1 aliphatic carbocycles. The molecule has 1 fully saturated rings. The molecule has 0 heterocycles. The molecule has 4 heteroatoms. The summed E-state index contributed by atoms with van der Waals surface area (Å²) in [6.07, 6.45) is 3.61. The lowest BCUT2D eigenvalue weighted by atomic mass is 9.79. The SMILES string of the molecule is COC1CCCC(O)(Cc2cc(Br)ccc2F)C1. The molecule has 2 nitrogen and oxygen atoms in total. The van der Waals surface area contributed by atoms with Gasteiger partial charge in [0.1, 0.15) is 5.82 Å². The molecule has 0 amide bonds. The second-order valence-electron chi connectivity index (χ2n) is 5.09. The fourth-order valence-corrected chi connectivity index (χ4v) is 3.09. The lowest BCUT2D eigenvalue weighted by Gasteiger charge is -2.36. The van der Waals surface area contributed by atoms with Crippen LogP contribution in [0.4, 0.5) is 4.39 Å². The molecule has 2 atom stereocenters. The van der Waals surface area contributed by atoms with E-state index in [1.165, 1.54) is 6.07 Å². The van der Waals surface area contributed by atoms with Crippen LogP contribution in [0.5, 0.6) is 0 Å². The third-order valence-electron chi connectivity index (χ3n) is 3.64. The lowest BCUT2D eigenvalue weighted by molar-refractivity contribution is -0.0585. The van der Waals surface area contributed by atoms with Crippen molar-refractivity contribution in [3.05, 3.63) is 34.1 Å². The van der Waals surface area contributed by atoms with Gasteiger partial charge in [0.05, 0.1) is 11.7 Å². The van der Waals surface area contributed by atoms with Crippen molar-refractivity contribution in [2.75, 3.05) is 7.11 Å². The van der Waals surface area contributed by atoms with E-state index in [1.807, 2.05) is 0 Å². The summed E-state index contributed by atoms with van der Waals surface area (Å²) in [4.78, 5) is 0. The monoisotopic (exact) mass is 316 g/mol. The maximum atomic E-state index is 13.7. The molecule has 0 spiro atoms. The minimum Gasteiger partial charge on any atom is -0.389 e. The Kier molecular flexibility index (Phi) is 4.41. The van der Waals surface area contributed by atoms with Crippen LogP contribution in [-0.4, -0.2) is 23.9 Å². The third kappa shape index (κ3) is 3.31. The number of benzene rings is 1. The van der Waals surface area contributed by atoms with Gasteiger partial charge in [-0.3, -0.25) is 0 Å². The number of aliphatic hydroxyl groups is 1. The first-order valence-corrected chi connectivity index (χ1v) is 7.01. The van der Waals surface area contributed by atoms with Gasteiger partial charge in [-0.05, 0) is 43.0 Å². The quantitative estimate of drug-likeness (QED) is 0.925. The van der Waals surface area contributed by atoms with E-state index in [0.29, 0.717) is 24.8 Å². The van der Waals surface area contributed by atoms with Crippen LogP contribution in [0.1, 0.15) is 31.2 Å². The van der Waals surface area contributed by atoms with Crippen molar-refractivity contribution in [2.45, 2.75) is 43.8 Å². The van der Waals surface area contributed by atoms with Crippen molar-refractivity contribution >= 4 is 15.9 Å². The number of rotatable bonds is 3. The first-order valence-electron chi connectivity index (χ1n) is 6.21. The van der Waals surface area contributed by atoms with Crippen molar-refractivity contribution < 1.29 is 14.2 Å². The summed E-state index contributed by atoms with van der Waals surface area (Å²) in [6, 6.07) is 4.84. The van der Waals surface area contributed by atoms with E-state index in [-0.39, 0.29) is 11.9 Å². The van der Waals surface area contributed by atoms with E-state index in [4.69, 9.17) is 4.74 Å². The zero-order chi connectivity index (χ0) is 13.2. The summed E-state index contributed by atoms with van der Waals surface area (Å²) in [7, 11) is 1.66. The summed E-state index contributed by atoms with van der Waals surface area (Å²) >= 11 is 3.33. The van der Waals surface area contributed by atoms with Gasteiger partial charge in [-0.2, -0.15) is 0 Å². The third-order valence-corrected chi connectivity index (χ3v) is 4.13. The molecular weight excluding hydrogens is 299 g/mol. The Morgan fingerprint density at radius 1 is 1.56 bits per heavy atom. The average molecular weight is 317 g/mol. The van der Waals surface area contributed by atoms with Gasteiger partial charge in [-0.25, -0.2) is 4.39 Å². The second-order valence-corrected chi connectivity index (χ2v) is 6.01. The maximum absolute atomic E-state index is 13.7. The van der Waals surface area contributed by atoms with Crippen molar-refractivity contribution in [2.24, 2.45) is 0 Å². The smallest absolute Gasteiger partial charge is 0.126 e. The molecule has 1 aromatic rings. The standard InChI is InChI=1S/C14H18BrFO2/c1-18-12-3-2-6-14(17,9-12)8-10-7-11(15)4-5-13(10)16/h4-5,7,12,17H,2-3,6,8-9H2,1H3. The molecule has 0 aliphatic heterocycles. The fourth-order valence-electron chi connectivity index (χ4n) is 2.68. The number of methoxy groups -OCH3 is 1. The Labute approximate surface area is 115 Å². The highest BCUT2D eigenvalue weighted by molar-refractivity contribution is 9.10. The predicted octanol–water partition coefficient (Wildman–Crippen LogP) is 3.45. The molecule has 18 heavy (non-hydrogen) atoms. The molecule has 1 aromatic carbocycles. The van der Waals surface area contributed by atoms with Crippen molar-refractivity contribution in [3.63, 3.8) is 0 Å². The second kappa shape index (κ2) is 5.68. The normalized spacial score (nSPS) is 28.3. The molecule has 0 aromatic heterocycles. The van der Waals surface area contributed by atoms with Crippen LogP contribution in [0.2, 0.25) is 0 Å². The Morgan fingerprint density at radius 2 is 2.33 bits per heavy atom. The zero-order valence-corrected chi connectivity index (χ0v) is 12.0. The van der Waals surface area contributed by atoms with Crippen molar-refractivity contribution in [1.82, 2.24) is 0 Å². The van der Waals surface area contributed by atoms with E-state index >= 15 is 0 Å². The molecule has 100 valence electrons. The van der Waals surface area contributed by atoms with E-state index < -0.39 is 5.60 Å². The van der Waals surface area contributed by atoms with Crippen LogP contribution in [0, 0.1) is 5.82 Å². The Hall–Kier alpha value is -0.450. The summed E-state index contributed by atoms with van der Waals surface area (Å²) in [5.41, 5.74) is -0.288. The van der Waals surface area contributed by atoms with Gasteiger partial charge in [0.15, 0.2) is 0 Å². The molecule has 0 saturated heterocycles. The van der Waals surface area contributed by atoms with Crippen LogP contribution in [-0.2, 0) is 11.2 Å². The minimum atomic E-state index is -0.847. The molecular formula is C14H18BrFO2. The van der Waals surface area contributed by atoms with Gasteiger partial charge < -0.3 is 9.84 Å². The van der Waals surface area contributed by atoms with Gasteiger partial charge in [-0.15, -0.1) is 0 Å². The van der Waals surface area contributed by atoms with E-state index in [2.05, 4.69) is 15.9 Å². The summed E-state index contributed by atoms with van der Waals surface area (Å²) in [5.74, 6) is -0.258. The van der Waals surface area contributed by atoms with E-state index in [9.17, 15) is 9.50 Å². The molecule has 1 N–H and O–H groups in total. The van der Waals surface area contributed by atoms with E-state index in [1.54, 1.807) is 19.2 Å². The molecule has 0 radical (unpaired) electrons. The van der Waals surface area contributed by atoms with Crippen LogP contribution in [0.25, 0.3) is 0 Å². The summed E-state index contributed by atoms with van der Waals surface area (Å²) in [6.45, 7) is 0. The van der Waals surface area contributed by atoms with Gasteiger partial charge in [0.2, 0.25) is 0 Å². The van der Waals surface area contributed by atoms with Crippen molar-refractivity contribution in [3.8, 4) is 0 Å². The first-order chi connectivity index (χ1) is 8.52. The molecule has 0 bridgehead atoms. The number of hydrogen-bond donors (Lipinski definition) is 1. The van der Waals surface area contributed by atoms with Gasteiger partial charge in [-0.1, -0.05) is 15.9 Å². The highest BCUT2D eigenvalue weighted by atomic mass is 79.9. The maximum Gasteiger partial charge on any atom is 0.126 e. The lowest BCUT2D eigenvalue weighted by Crippen LogP contribution is -2.40. The Balaban J connectivity index is 2.14. The Morgan fingerprint density at radius 3 is 3.06 bits per heavy atom. The van der Waals surface area contributed by atoms with Crippen LogP contribution in [0.15, 0.2) is 22.7 Å². The largest absolute Gasteiger partial charge is 0.389 e. The molecule has 1 saturated carbocycles. The van der Waals surface area contributed by atoms with Gasteiger partial charge >= 0.3 is 0 Å². The van der Waals surface area contributed by atoms with Crippen LogP contribution in [0.3, 0.4) is 0 Å². The van der Waals surface area contributed by atoms with Crippen LogP contribution < -0.4 is 0 Å². The number of halogens is 2. The number of hydrogen-bond acceptors (Lipinski definition) is 2. The van der Waals surface area contributed by atoms with Gasteiger partial charge in [0, 0.05) is 24.4 Å². The van der Waals surface area contributed by atoms with Crippen LogP contribution >= 0.6 is 15.9 Å². The zero-order valence-electron chi connectivity index (χ0n) is 10.5. The predicted molar refractivity (Wildman–Crippen MR) is 72.0 cm³/mol. The minimum absolute atomic E-state index is 0.0824. The van der Waals surface area contributed by atoms with Gasteiger partial charge in [0.25, 0.3) is 0 Å². The Bertz CT molecular complexity index is 424. The molecule has 2 rings (SSSR count). The highest BCUT2D eigenvalue weighted by Crippen LogP contribution is 2.33. The van der Waals surface area contributed by atoms with E-state index in [0.717, 1.165) is 17.3 Å². The molecule has 1 aliphatic rings. The summed E-state index contributed by atoms with van der Waals surface area (Å²) < 4.78 is 19.9. The summed E-state index contributed by atoms with van der Waals surface area (Å²) in [5, 5.41) is 10.6. The highest BCUT2D eigenvalue weighted by Gasteiger charge is 2.35.